The maximum Gasteiger partial charge on any atom is 0.307 e. The van der Waals surface area contributed by atoms with E-state index < -0.39 is 46.9 Å². The predicted octanol–water partition coefficient (Wildman–Crippen LogP) is 9.18. The van der Waals surface area contributed by atoms with Crippen LogP contribution in [0, 0.1) is 0 Å². The summed E-state index contributed by atoms with van der Waals surface area (Å²) < 4.78 is 32.4. The summed E-state index contributed by atoms with van der Waals surface area (Å²) in [6, 6.07) is 18.7. The molecule has 0 saturated heterocycles. The van der Waals surface area contributed by atoms with Gasteiger partial charge in [-0.05, 0) is 90.2 Å². The summed E-state index contributed by atoms with van der Waals surface area (Å²) in [6.45, 7) is 11.0. The van der Waals surface area contributed by atoms with Crippen LogP contribution in [0.2, 0.25) is 0 Å². The van der Waals surface area contributed by atoms with Crippen molar-refractivity contribution >= 4 is 46.9 Å². The SMILES string of the molecule is CC(C)(C)OC(=O)C[C@@H](CC(=O)OCc1ccccc1)c1noc(/C(Cl)=N/O)c1C1CC1.CC(C)(C)OC(=O)C[C@@H](CC(=O)OCc1ccccc1)c1noc(/C=N/O)c1C1CC1. The molecular weight excluding hydrogens is 836 g/mol. The van der Waals surface area contributed by atoms with Crippen molar-refractivity contribution in [3.05, 3.63) is 106 Å². The van der Waals surface area contributed by atoms with Gasteiger partial charge in [-0.3, -0.25) is 19.2 Å². The molecule has 2 atom stereocenters. The summed E-state index contributed by atoms with van der Waals surface area (Å²) >= 11 is 5.98. The molecule has 17 heteroatoms. The average Bonchev–Trinajstić information content (AvgIpc) is 4.16. The van der Waals surface area contributed by atoms with E-state index >= 15 is 0 Å². The number of ether oxygens (including phenoxy) is 4. The molecule has 0 spiro atoms. The zero-order valence-electron chi connectivity index (χ0n) is 36.4. The van der Waals surface area contributed by atoms with Crippen LogP contribution in [0.25, 0.3) is 0 Å². The number of hydrogen-bond acceptors (Lipinski definition) is 16. The Kier molecular flexibility index (Phi) is 16.7. The van der Waals surface area contributed by atoms with Gasteiger partial charge in [0, 0.05) is 23.0 Å². The lowest BCUT2D eigenvalue weighted by Gasteiger charge is -2.22. The fourth-order valence-electron chi connectivity index (χ4n) is 6.81. The molecule has 2 aliphatic rings. The van der Waals surface area contributed by atoms with E-state index in [0.717, 1.165) is 42.4 Å². The Morgan fingerprint density at radius 2 is 1.10 bits per heavy atom. The number of benzene rings is 2. The van der Waals surface area contributed by atoms with Gasteiger partial charge in [0.25, 0.3) is 0 Å². The standard InChI is InChI=1S/C23H27ClN2O6.C23H28N2O6/c1-23(2,3)31-18(28)12-16(11-17(27)30-13-14-7-5-4-6-8-14)20-19(15-9-10-15)21(32-26-20)22(24)25-29;1-23(2,3)30-20(27)12-17(11-19(26)29-14-15-7-5-4-6-8-15)22-21(16-9-10-16)18(13-24-28)31-25-22/h4-8,15-16,29H,9-13H2,1-3H3;4-8,13,16-17,28H,9-12,14H2,1-3H3/b25-22-;24-13+/t16-;17-/m11/s1. The molecule has 338 valence electrons. The van der Waals surface area contributed by atoms with Crippen LogP contribution >= 0.6 is 11.6 Å². The Hall–Kier alpha value is -6.03. The van der Waals surface area contributed by atoms with Gasteiger partial charge < -0.3 is 38.4 Å². The summed E-state index contributed by atoms with van der Waals surface area (Å²) in [7, 11) is 0. The molecule has 16 nitrogen and oxygen atoms in total. The van der Waals surface area contributed by atoms with Crippen molar-refractivity contribution in [1.29, 1.82) is 0 Å². The molecule has 2 aromatic heterocycles. The number of rotatable bonds is 18. The van der Waals surface area contributed by atoms with Gasteiger partial charge in [0.2, 0.25) is 10.9 Å². The van der Waals surface area contributed by atoms with Crippen molar-refractivity contribution in [2.24, 2.45) is 10.3 Å². The molecule has 2 aliphatic carbocycles. The molecule has 2 heterocycles. The van der Waals surface area contributed by atoms with Crippen molar-refractivity contribution in [1.82, 2.24) is 10.3 Å². The molecule has 0 aliphatic heterocycles. The number of hydrogen-bond donors (Lipinski definition) is 2. The largest absolute Gasteiger partial charge is 0.461 e. The molecular formula is C46H55ClN4O12. The molecule has 0 amide bonds. The first-order valence-electron chi connectivity index (χ1n) is 20.8. The second-order valence-corrected chi connectivity index (χ2v) is 17.9. The summed E-state index contributed by atoms with van der Waals surface area (Å²) in [5, 5.41) is 32.0. The summed E-state index contributed by atoms with van der Waals surface area (Å²) in [5.41, 5.74) is 2.81. The molecule has 0 bridgehead atoms. The second kappa shape index (κ2) is 21.9. The van der Waals surface area contributed by atoms with Crippen molar-refractivity contribution in [2.45, 2.75) is 141 Å². The molecule has 4 aromatic rings. The number of nitrogens with zero attached hydrogens (tertiary/aromatic N) is 4. The highest BCUT2D eigenvalue weighted by Gasteiger charge is 2.39. The monoisotopic (exact) mass is 890 g/mol. The van der Waals surface area contributed by atoms with Gasteiger partial charge in [0.05, 0.1) is 37.1 Å². The van der Waals surface area contributed by atoms with Gasteiger partial charge in [-0.1, -0.05) is 92.9 Å². The third kappa shape index (κ3) is 15.4. The van der Waals surface area contributed by atoms with Crippen LogP contribution in [0.4, 0.5) is 0 Å². The summed E-state index contributed by atoms with van der Waals surface area (Å²) in [5.74, 6) is -2.22. The predicted molar refractivity (Wildman–Crippen MR) is 229 cm³/mol. The molecule has 6 rings (SSSR count). The van der Waals surface area contributed by atoms with E-state index in [1.165, 1.54) is 6.21 Å². The molecule has 0 unspecified atom stereocenters. The normalized spacial score (nSPS) is 15.2. The van der Waals surface area contributed by atoms with Gasteiger partial charge in [0.1, 0.15) is 30.6 Å². The van der Waals surface area contributed by atoms with E-state index in [1.54, 1.807) is 41.5 Å². The molecule has 63 heavy (non-hydrogen) atoms. The van der Waals surface area contributed by atoms with Crippen molar-refractivity contribution in [3.63, 3.8) is 0 Å². The zero-order valence-corrected chi connectivity index (χ0v) is 37.1. The van der Waals surface area contributed by atoms with Crippen LogP contribution in [0.1, 0.15) is 162 Å². The van der Waals surface area contributed by atoms with Crippen LogP contribution in [0.5, 0.6) is 0 Å². The van der Waals surface area contributed by atoms with Gasteiger partial charge in [-0.2, -0.15) is 0 Å². The van der Waals surface area contributed by atoms with E-state index in [2.05, 4.69) is 20.6 Å². The first-order chi connectivity index (χ1) is 29.9. The van der Waals surface area contributed by atoms with Gasteiger partial charge >= 0.3 is 23.9 Å². The highest BCUT2D eigenvalue weighted by molar-refractivity contribution is 6.69. The van der Waals surface area contributed by atoms with E-state index in [1.807, 2.05) is 60.7 Å². The lowest BCUT2D eigenvalue weighted by Crippen LogP contribution is -2.26. The maximum absolute atomic E-state index is 12.6. The summed E-state index contributed by atoms with van der Waals surface area (Å²) in [4.78, 5) is 50.3. The highest BCUT2D eigenvalue weighted by atomic mass is 35.5. The van der Waals surface area contributed by atoms with Crippen LogP contribution < -0.4 is 0 Å². The minimum atomic E-state index is -0.670. The van der Waals surface area contributed by atoms with E-state index in [0.29, 0.717) is 22.7 Å². The maximum atomic E-state index is 12.6. The van der Waals surface area contributed by atoms with E-state index in [9.17, 15) is 19.2 Å². The number of halogens is 1. The number of carbonyl (C=O) groups excluding carboxylic acids is 4. The Morgan fingerprint density at radius 3 is 1.51 bits per heavy atom. The topological polar surface area (TPSA) is 222 Å². The first-order valence-corrected chi connectivity index (χ1v) is 21.2. The average molecular weight is 891 g/mol. The van der Waals surface area contributed by atoms with Crippen molar-refractivity contribution in [2.75, 3.05) is 0 Å². The number of oxime groups is 2. The molecule has 2 fully saturated rings. The fraction of sp³-hybridized carbons (Fsp3) is 0.478. The van der Waals surface area contributed by atoms with Crippen LogP contribution in [-0.4, -0.2) is 67.2 Å². The first kappa shape index (κ1) is 48.0. The minimum absolute atomic E-state index is 0.0420. The zero-order chi connectivity index (χ0) is 45.7. The van der Waals surface area contributed by atoms with Crippen molar-refractivity contribution < 1.29 is 57.6 Å². The van der Waals surface area contributed by atoms with Gasteiger partial charge in [0.15, 0.2) is 5.76 Å². The lowest BCUT2D eigenvalue weighted by atomic mass is 9.92. The molecule has 2 aromatic carbocycles. The number of aromatic nitrogens is 2. The smallest absolute Gasteiger partial charge is 0.307 e. The minimum Gasteiger partial charge on any atom is -0.461 e. The Morgan fingerprint density at radius 1 is 0.683 bits per heavy atom. The fourth-order valence-corrected chi connectivity index (χ4v) is 6.94. The highest BCUT2D eigenvalue weighted by Crippen LogP contribution is 2.47. The van der Waals surface area contributed by atoms with Gasteiger partial charge in [-0.25, -0.2) is 0 Å². The molecule has 0 radical (unpaired) electrons. The van der Waals surface area contributed by atoms with Crippen LogP contribution in [-0.2, 0) is 51.3 Å². The Bertz CT molecular complexity index is 2220. The third-order valence-corrected chi connectivity index (χ3v) is 9.96. The van der Waals surface area contributed by atoms with Crippen molar-refractivity contribution in [3.8, 4) is 0 Å². The third-order valence-electron chi connectivity index (χ3n) is 9.71. The molecule has 2 N–H and O–H groups in total. The lowest BCUT2D eigenvalue weighted by molar-refractivity contribution is -0.157. The van der Waals surface area contributed by atoms with Crippen LogP contribution in [0.15, 0.2) is 80.0 Å². The second-order valence-electron chi connectivity index (χ2n) is 17.5. The van der Waals surface area contributed by atoms with Gasteiger partial charge in [-0.15, -0.1) is 0 Å². The number of carbonyl (C=O) groups is 4. The van der Waals surface area contributed by atoms with Crippen LogP contribution in [0.3, 0.4) is 0 Å². The number of esters is 4. The Labute approximate surface area is 370 Å². The van der Waals surface area contributed by atoms with E-state index in [4.69, 9.17) is 50.0 Å². The van der Waals surface area contributed by atoms with E-state index in [-0.39, 0.29) is 61.7 Å². The quantitative estimate of drug-likeness (QED) is 0.0313. The Balaban J connectivity index is 0.000000238. The molecule has 2 saturated carbocycles. The summed E-state index contributed by atoms with van der Waals surface area (Å²) in [6.07, 6.45) is 4.57.